The minimum absolute atomic E-state index is 0.354. The van der Waals surface area contributed by atoms with Gasteiger partial charge < -0.3 is 4.90 Å². The third kappa shape index (κ3) is 6.61. The molecule has 0 spiro atoms. The lowest BCUT2D eigenvalue weighted by Gasteiger charge is -2.32. The van der Waals surface area contributed by atoms with Crippen LogP contribution in [0, 0.1) is 0 Å². The summed E-state index contributed by atoms with van der Waals surface area (Å²) in [5, 5.41) is 7.43. The van der Waals surface area contributed by atoms with Crippen molar-refractivity contribution < 1.29 is 0 Å². The van der Waals surface area contributed by atoms with Gasteiger partial charge in [0.2, 0.25) is 0 Å². The SMILES string of the molecule is CC1(c2ccccc2)c2ccccc2-c2c(N(c3cccc(-c4ccc5ccccc5c4)c3)c3ccccc3-c3ccc4c(c3)c(-c3ccccc3)c(-c3ccccc3)c3ccccc34)cccc21. The zero-order chi connectivity index (χ0) is 45.9. The van der Waals surface area contributed by atoms with Crippen LogP contribution >= 0.6 is 0 Å². The fourth-order valence-corrected chi connectivity index (χ4v) is 11.5. The van der Waals surface area contributed by atoms with Crippen LogP contribution in [0.4, 0.5) is 17.1 Å². The van der Waals surface area contributed by atoms with Gasteiger partial charge in [-0.3, -0.25) is 0 Å². The summed E-state index contributed by atoms with van der Waals surface area (Å²) in [6.45, 7) is 2.40. The minimum atomic E-state index is -0.354. The van der Waals surface area contributed by atoms with E-state index in [1.165, 1.54) is 93.5 Å². The average Bonchev–Trinajstić information content (AvgIpc) is 3.70. The fourth-order valence-electron chi connectivity index (χ4n) is 11.5. The molecule has 0 amide bonds. The van der Waals surface area contributed by atoms with Crippen molar-refractivity contribution in [3.63, 3.8) is 0 Å². The molecule has 1 atom stereocenters. The monoisotopic (exact) mass is 877 g/mol. The molecule has 1 heteroatoms. The molecule has 1 unspecified atom stereocenters. The van der Waals surface area contributed by atoms with Gasteiger partial charge in [0, 0.05) is 22.2 Å². The maximum absolute atomic E-state index is 2.53. The first-order chi connectivity index (χ1) is 34.1. The highest BCUT2D eigenvalue weighted by atomic mass is 15.1. The first kappa shape index (κ1) is 40.5. The Morgan fingerprint density at radius 1 is 0.290 bits per heavy atom. The predicted molar refractivity (Wildman–Crippen MR) is 293 cm³/mol. The van der Waals surface area contributed by atoms with Crippen LogP contribution in [-0.4, -0.2) is 0 Å². The summed E-state index contributed by atoms with van der Waals surface area (Å²) in [6, 6.07) is 98.6. The number of fused-ring (bicyclic) bond motifs is 7. The van der Waals surface area contributed by atoms with Crippen LogP contribution in [0.25, 0.3) is 88.0 Å². The van der Waals surface area contributed by atoms with Crippen LogP contribution in [0.2, 0.25) is 0 Å². The normalized spacial score (nSPS) is 13.9. The van der Waals surface area contributed by atoms with Crippen LogP contribution in [0.3, 0.4) is 0 Å². The number of para-hydroxylation sites is 1. The smallest absolute Gasteiger partial charge is 0.0543 e. The maximum atomic E-state index is 2.53. The Kier molecular flexibility index (Phi) is 9.70. The molecular formula is C68H47N. The van der Waals surface area contributed by atoms with Gasteiger partial charge in [0.15, 0.2) is 0 Å². The van der Waals surface area contributed by atoms with Gasteiger partial charge in [-0.15, -0.1) is 0 Å². The van der Waals surface area contributed by atoms with Crippen molar-refractivity contribution in [2.24, 2.45) is 0 Å². The fraction of sp³-hybridized carbons (Fsp3) is 0.0294. The molecule has 0 fully saturated rings. The Balaban J connectivity index is 1.08. The third-order valence-corrected chi connectivity index (χ3v) is 14.7. The van der Waals surface area contributed by atoms with Crippen LogP contribution in [0.5, 0.6) is 0 Å². The number of hydrogen-bond acceptors (Lipinski definition) is 1. The zero-order valence-corrected chi connectivity index (χ0v) is 38.4. The maximum Gasteiger partial charge on any atom is 0.0543 e. The van der Waals surface area contributed by atoms with Crippen molar-refractivity contribution in [1.29, 1.82) is 0 Å². The lowest BCUT2D eigenvalue weighted by Crippen LogP contribution is -2.22. The Hall–Kier alpha value is -8.78. The van der Waals surface area contributed by atoms with Crippen molar-refractivity contribution in [3.8, 4) is 55.6 Å². The molecule has 0 radical (unpaired) electrons. The Morgan fingerprint density at radius 3 is 1.61 bits per heavy atom. The van der Waals surface area contributed by atoms with Crippen LogP contribution in [-0.2, 0) is 5.41 Å². The number of anilines is 3. The van der Waals surface area contributed by atoms with Crippen LogP contribution in [0.1, 0.15) is 23.6 Å². The molecule has 0 N–H and O–H groups in total. The van der Waals surface area contributed by atoms with E-state index in [9.17, 15) is 0 Å². The first-order valence-corrected chi connectivity index (χ1v) is 24.0. The second-order valence-corrected chi connectivity index (χ2v) is 18.5. The molecule has 0 aliphatic heterocycles. The standard InChI is InChI=1S/C68H47N/c1-68(53-28-9-4-10-29-53)61-35-17-15-34-59(61)67-62(68)36-20-38-64(67)69(54-30-19-27-50(44-54)51-40-39-46-21-11-12-26-49(46)43-51)63-37-18-16-31-55(63)52-41-42-57-56-32-13-14-33-58(56)65(47-22-5-2-6-23-47)66(60(57)45-52)48-24-7-3-8-25-48/h2-45H,1H3. The van der Waals surface area contributed by atoms with E-state index in [4.69, 9.17) is 0 Å². The number of rotatable bonds is 8. The van der Waals surface area contributed by atoms with E-state index >= 15 is 0 Å². The molecule has 0 bridgehead atoms. The van der Waals surface area contributed by atoms with Gasteiger partial charge in [-0.2, -0.15) is 0 Å². The molecule has 1 aliphatic rings. The van der Waals surface area contributed by atoms with Gasteiger partial charge in [-0.1, -0.05) is 231 Å². The van der Waals surface area contributed by atoms with E-state index in [1.807, 2.05) is 0 Å². The van der Waals surface area contributed by atoms with E-state index in [0.29, 0.717) is 0 Å². The lowest BCUT2D eigenvalue weighted by atomic mass is 9.74. The predicted octanol–water partition coefficient (Wildman–Crippen LogP) is 18.6. The number of hydrogen-bond donors (Lipinski definition) is 0. The molecule has 1 aliphatic carbocycles. The van der Waals surface area contributed by atoms with Gasteiger partial charge in [-0.25, -0.2) is 0 Å². The van der Waals surface area contributed by atoms with E-state index in [2.05, 4.69) is 279 Å². The number of benzene rings is 12. The summed E-state index contributed by atoms with van der Waals surface area (Å²) in [4.78, 5) is 2.53. The lowest BCUT2D eigenvalue weighted by molar-refractivity contribution is 0.714. The van der Waals surface area contributed by atoms with E-state index in [-0.39, 0.29) is 5.41 Å². The summed E-state index contributed by atoms with van der Waals surface area (Å²) in [6.07, 6.45) is 0. The van der Waals surface area contributed by atoms with Crippen molar-refractivity contribution in [1.82, 2.24) is 0 Å². The highest BCUT2D eigenvalue weighted by Gasteiger charge is 2.42. The quantitative estimate of drug-likeness (QED) is 0.138. The Labute approximate surface area is 403 Å². The summed E-state index contributed by atoms with van der Waals surface area (Å²) in [5.41, 5.74) is 19.0. The molecule has 12 aromatic carbocycles. The molecule has 0 saturated heterocycles. The second kappa shape index (κ2) is 16.5. The molecule has 324 valence electrons. The van der Waals surface area contributed by atoms with Gasteiger partial charge in [0.05, 0.1) is 11.4 Å². The van der Waals surface area contributed by atoms with Gasteiger partial charge in [-0.05, 0) is 137 Å². The Morgan fingerprint density at radius 2 is 0.826 bits per heavy atom. The molecule has 0 aromatic heterocycles. The molecule has 0 heterocycles. The van der Waals surface area contributed by atoms with Crippen LogP contribution in [0.15, 0.2) is 267 Å². The van der Waals surface area contributed by atoms with Crippen molar-refractivity contribution in [2.75, 3.05) is 4.90 Å². The zero-order valence-electron chi connectivity index (χ0n) is 38.4. The average molecular weight is 878 g/mol. The van der Waals surface area contributed by atoms with Crippen LogP contribution < -0.4 is 4.90 Å². The van der Waals surface area contributed by atoms with E-state index < -0.39 is 0 Å². The van der Waals surface area contributed by atoms with Crippen molar-refractivity contribution in [2.45, 2.75) is 12.3 Å². The summed E-state index contributed by atoms with van der Waals surface area (Å²) in [7, 11) is 0. The molecular weight excluding hydrogens is 831 g/mol. The van der Waals surface area contributed by atoms with Crippen molar-refractivity contribution >= 4 is 49.4 Å². The van der Waals surface area contributed by atoms with Gasteiger partial charge in [0.1, 0.15) is 0 Å². The summed E-state index contributed by atoms with van der Waals surface area (Å²) >= 11 is 0. The second-order valence-electron chi connectivity index (χ2n) is 18.5. The molecule has 1 nitrogen and oxygen atoms in total. The molecule has 0 saturated carbocycles. The third-order valence-electron chi connectivity index (χ3n) is 14.7. The number of nitrogens with zero attached hydrogens (tertiary/aromatic N) is 1. The summed E-state index contributed by atoms with van der Waals surface area (Å²) in [5.74, 6) is 0. The van der Waals surface area contributed by atoms with Gasteiger partial charge >= 0.3 is 0 Å². The minimum Gasteiger partial charge on any atom is -0.309 e. The Bertz CT molecular complexity index is 3910. The first-order valence-electron chi connectivity index (χ1n) is 24.0. The molecule has 12 aromatic rings. The van der Waals surface area contributed by atoms with Gasteiger partial charge in [0.25, 0.3) is 0 Å². The summed E-state index contributed by atoms with van der Waals surface area (Å²) < 4.78 is 0. The highest BCUT2D eigenvalue weighted by Crippen LogP contribution is 2.57. The van der Waals surface area contributed by atoms with Crippen molar-refractivity contribution in [3.05, 3.63) is 284 Å². The largest absolute Gasteiger partial charge is 0.309 e. The van der Waals surface area contributed by atoms with E-state index in [0.717, 1.165) is 28.2 Å². The topological polar surface area (TPSA) is 3.24 Å². The molecule has 69 heavy (non-hydrogen) atoms. The van der Waals surface area contributed by atoms with E-state index in [1.54, 1.807) is 0 Å². The highest BCUT2D eigenvalue weighted by molar-refractivity contribution is 6.22. The molecule has 13 rings (SSSR count).